The Kier molecular flexibility index (Phi) is 9.33. The molecule has 2 N–H and O–H groups in total. The Balaban J connectivity index is 1.63. The van der Waals surface area contributed by atoms with Crippen LogP contribution < -0.4 is 25.2 Å². The van der Waals surface area contributed by atoms with Gasteiger partial charge in [-0.15, -0.1) is 0 Å². The summed E-state index contributed by atoms with van der Waals surface area (Å²) in [6, 6.07) is 15.1. The third-order valence-electron chi connectivity index (χ3n) is 5.86. The predicted molar refractivity (Wildman–Crippen MR) is 154 cm³/mol. The number of nitrogens with one attached hydrogen (secondary N) is 2. The van der Waals surface area contributed by atoms with Crippen LogP contribution in [-0.2, 0) is 0 Å². The van der Waals surface area contributed by atoms with Gasteiger partial charge in [0.1, 0.15) is 17.1 Å². The molecule has 0 spiro atoms. The summed E-state index contributed by atoms with van der Waals surface area (Å²) < 4.78 is 47.9. The molecule has 2 heterocycles. The normalized spacial score (nSPS) is 11.3. The van der Waals surface area contributed by atoms with Crippen molar-refractivity contribution in [2.45, 2.75) is 25.9 Å². The van der Waals surface area contributed by atoms with E-state index in [4.69, 9.17) is 9.47 Å². The van der Waals surface area contributed by atoms with Crippen molar-refractivity contribution in [1.29, 1.82) is 0 Å². The number of amides is 1. The molecule has 0 aliphatic carbocycles. The summed E-state index contributed by atoms with van der Waals surface area (Å²) in [4.78, 5) is 36.4. The number of H-pyrrole nitrogens is 1. The second-order valence-corrected chi connectivity index (χ2v) is 10.2. The highest BCUT2D eigenvalue weighted by Crippen LogP contribution is 2.34. The predicted octanol–water partition coefficient (Wildman–Crippen LogP) is 6.60. The van der Waals surface area contributed by atoms with Crippen LogP contribution >= 0.6 is 11.3 Å². The Morgan fingerprint density at radius 3 is 2.32 bits per heavy atom. The number of hydrogen-bond donors (Lipinski definition) is 2. The van der Waals surface area contributed by atoms with E-state index in [9.17, 15) is 22.8 Å². The van der Waals surface area contributed by atoms with Gasteiger partial charge >= 0.3 is 6.18 Å². The molecule has 0 unspecified atom stereocenters. The molecule has 12 heteroatoms. The highest BCUT2D eigenvalue weighted by atomic mass is 32.1. The number of rotatable bonds is 11. The maximum absolute atomic E-state index is 13.4. The number of pyridine rings is 1. The summed E-state index contributed by atoms with van der Waals surface area (Å²) in [5.74, 6) is 0.481. The largest absolute Gasteiger partial charge is 0.494 e. The minimum Gasteiger partial charge on any atom is -0.494 e. The number of halogens is 3. The summed E-state index contributed by atoms with van der Waals surface area (Å²) in [7, 11) is 3.69. The first-order valence-electron chi connectivity index (χ1n) is 12.8. The first-order chi connectivity index (χ1) is 19.5. The second-order valence-electron chi connectivity index (χ2n) is 9.21. The molecule has 4 aromatic rings. The summed E-state index contributed by atoms with van der Waals surface area (Å²) in [5.41, 5.74) is 1.32. The number of carbonyl (C=O) groups is 1. The zero-order chi connectivity index (χ0) is 29.6. The van der Waals surface area contributed by atoms with Crippen LogP contribution in [0.3, 0.4) is 0 Å². The van der Waals surface area contributed by atoms with Crippen LogP contribution in [0.25, 0.3) is 21.7 Å². The molecule has 41 heavy (non-hydrogen) atoms. The van der Waals surface area contributed by atoms with Gasteiger partial charge in [-0.1, -0.05) is 11.3 Å². The monoisotopic (exact) mass is 586 g/mol. The van der Waals surface area contributed by atoms with E-state index in [1.807, 2.05) is 25.9 Å². The smallest absolute Gasteiger partial charge is 0.389 e. The molecule has 1 amide bonds. The van der Waals surface area contributed by atoms with Crippen molar-refractivity contribution < 1.29 is 27.4 Å². The Bertz CT molecular complexity index is 1530. The van der Waals surface area contributed by atoms with Crippen LogP contribution in [0.15, 0.2) is 65.6 Å². The van der Waals surface area contributed by atoms with Crippen molar-refractivity contribution in [3.05, 3.63) is 76.7 Å². The lowest BCUT2D eigenvalue weighted by molar-refractivity contribution is -0.136. The molecule has 0 atom stereocenters. The first kappa shape index (κ1) is 29.7. The number of anilines is 2. The van der Waals surface area contributed by atoms with Crippen molar-refractivity contribution in [1.82, 2.24) is 9.97 Å². The van der Waals surface area contributed by atoms with Gasteiger partial charge in [-0.2, -0.15) is 13.2 Å². The second kappa shape index (κ2) is 12.9. The number of aromatic amines is 1. The first-order valence-corrected chi connectivity index (χ1v) is 13.6. The molecule has 2 aromatic carbocycles. The van der Waals surface area contributed by atoms with Gasteiger partial charge in [0.05, 0.1) is 18.1 Å². The van der Waals surface area contributed by atoms with E-state index >= 15 is 0 Å². The van der Waals surface area contributed by atoms with Crippen molar-refractivity contribution in [2.24, 2.45) is 0 Å². The van der Waals surface area contributed by atoms with E-state index in [2.05, 4.69) is 15.3 Å². The lowest BCUT2D eigenvalue weighted by Gasteiger charge is -2.12. The molecule has 0 fully saturated rings. The maximum Gasteiger partial charge on any atom is 0.389 e. The van der Waals surface area contributed by atoms with Gasteiger partial charge in [-0.25, -0.2) is 4.98 Å². The minimum absolute atomic E-state index is 0.0683. The summed E-state index contributed by atoms with van der Waals surface area (Å²) >= 11 is 1.33. The third-order valence-corrected chi connectivity index (χ3v) is 7.06. The Hall–Kier alpha value is -4.32. The number of hydrogen-bond acceptors (Lipinski definition) is 7. The molecule has 4 rings (SSSR count). The highest BCUT2D eigenvalue weighted by Gasteiger charge is 2.26. The van der Waals surface area contributed by atoms with Crippen LogP contribution in [0.5, 0.6) is 11.5 Å². The number of benzene rings is 2. The van der Waals surface area contributed by atoms with Crippen molar-refractivity contribution in [3.63, 3.8) is 0 Å². The number of carbonyl (C=O) groups excluding carboxylic acids is 1. The zero-order valence-electron chi connectivity index (χ0n) is 22.7. The van der Waals surface area contributed by atoms with Gasteiger partial charge in [-0.3, -0.25) is 9.59 Å². The molecule has 216 valence electrons. The molecule has 0 saturated carbocycles. The summed E-state index contributed by atoms with van der Waals surface area (Å²) in [5, 5.41) is 3.48. The number of alkyl halides is 3. The topological polar surface area (TPSA) is 96.5 Å². The zero-order valence-corrected chi connectivity index (χ0v) is 23.5. The highest BCUT2D eigenvalue weighted by molar-refractivity contribution is 7.18. The van der Waals surface area contributed by atoms with Crippen LogP contribution in [0.2, 0.25) is 0 Å². The molecule has 0 saturated heterocycles. The average Bonchev–Trinajstić information content (AvgIpc) is 3.43. The van der Waals surface area contributed by atoms with E-state index in [-0.39, 0.29) is 18.6 Å². The molecule has 2 aromatic heterocycles. The van der Waals surface area contributed by atoms with Crippen LogP contribution in [0.1, 0.15) is 30.1 Å². The molecule has 0 aliphatic heterocycles. The van der Waals surface area contributed by atoms with E-state index in [0.717, 1.165) is 0 Å². The van der Waals surface area contributed by atoms with E-state index in [1.165, 1.54) is 11.3 Å². The Morgan fingerprint density at radius 1 is 1.05 bits per heavy atom. The van der Waals surface area contributed by atoms with Gasteiger partial charge in [0.15, 0.2) is 5.13 Å². The summed E-state index contributed by atoms with van der Waals surface area (Å²) in [6.45, 7) is 2.31. The van der Waals surface area contributed by atoms with Gasteiger partial charge in [0.25, 0.3) is 11.5 Å². The fraction of sp³-hybridized carbons (Fsp3) is 0.276. The third kappa shape index (κ3) is 7.88. The molecular formula is C29H29F3N4O4S. The van der Waals surface area contributed by atoms with Crippen LogP contribution in [0.4, 0.5) is 24.0 Å². The van der Waals surface area contributed by atoms with Crippen molar-refractivity contribution >= 4 is 28.1 Å². The lowest BCUT2D eigenvalue weighted by Crippen LogP contribution is -2.24. The van der Waals surface area contributed by atoms with Gasteiger partial charge in [0, 0.05) is 43.7 Å². The SMILES string of the molecule is CCOc1ccc(NC(=O)c2c(-c3cnc(N(C)C)s3)cc(-c3ccc(OCCCC(F)(F)F)cc3)[nH]c2=O)cc1. The average molecular weight is 587 g/mol. The van der Waals surface area contributed by atoms with Gasteiger partial charge in [-0.05, 0) is 73.5 Å². The minimum atomic E-state index is -4.22. The van der Waals surface area contributed by atoms with E-state index in [1.54, 1.807) is 60.8 Å². The number of aromatic nitrogens is 2. The molecule has 0 aliphatic rings. The van der Waals surface area contributed by atoms with E-state index < -0.39 is 24.1 Å². The molecule has 0 radical (unpaired) electrons. The fourth-order valence-corrected chi connectivity index (χ4v) is 4.78. The Morgan fingerprint density at radius 2 is 1.71 bits per heavy atom. The lowest BCUT2D eigenvalue weighted by atomic mass is 10.0. The van der Waals surface area contributed by atoms with Crippen LogP contribution in [0, 0.1) is 0 Å². The van der Waals surface area contributed by atoms with Gasteiger partial charge < -0.3 is 24.7 Å². The molecule has 0 bridgehead atoms. The molecular weight excluding hydrogens is 557 g/mol. The maximum atomic E-state index is 13.4. The number of ether oxygens (including phenoxy) is 2. The quantitative estimate of drug-likeness (QED) is 0.192. The molecule has 8 nitrogen and oxygen atoms in total. The van der Waals surface area contributed by atoms with Crippen molar-refractivity contribution in [3.8, 4) is 33.2 Å². The van der Waals surface area contributed by atoms with Crippen molar-refractivity contribution in [2.75, 3.05) is 37.5 Å². The summed E-state index contributed by atoms with van der Waals surface area (Å²) in [6.07, 6.45) is -3.67. The standard InChI is InChI=1S/C29H29F3N4O4S/c1-4-39-20-12-8-19(9-13-20)34-26(37)25-22(24-17-33-28(41-24)36(2)3)16-23(35-27(25)38)18-6-10-21(11-7-18)40-15-5-14-29(30,31)32/h6-13,16-17H,4-5,14-15H2,1-3H3,(H,34,37)(H,35,38). The van der Waals surface area contributed by atoms with Crippen LogP contribution in [-0.4, -0.2) is 49.4 Å². The number of thiazole rings is 1. The fourth-order valence-electron chi connectivity index (χ4n) is 3.92. The van der Waals surface area contributed by atoms with E-state index in [0.29, 0.717) is 50.6 Å². The van der Waals surface area contributed by atoms with Gasteiger partial charge in [0.2, 0.25) is 0 Å². The number of nitrogens with zero attached hydrogens (tertiary/aromatic N) is 2. The Labute approximate surface area is 238 Å².